The van der Waals surface area contributed by atoms with Crippen LogP contribution in [-0.2, 0) is 11.3 Å². The van der Waals surface area contributed by atoms with E-state index in [1.54, 1.807) is 6.20 Å². The Balaban J connectivity index is 2.64. The normalized spacial score (nSPS) is 11.1. The number of nitrogens with two attached hydrogens (primary N) is 2. The molecule has 0 radical (unpaired) electrons. The molecule has 0 aromatic carbocycles. The first-order valence-electron chi connectivity index (χ1n) is 5.54. The second kappa shape index (κ2) is 6.15. The van der Waals surface area contributed by atoms with E-state index < -0.39 is 0 Å². The monoisotopic (exact) mass is 237 g/mol. The lowest BCUT2D eigenvalue weighted by atomic mass is 10.2. The van der Waals surface area contributed by atoms with Gasteiger partial charge in [-0.1, -0.05) is 13.8 Å². The van der Waals surface area contributed by atoms with Gasteiger partial charge in [-0.25, -0.2) is 4.98 Å². The van der Waals surface area contributed by atoms with Crippen molar-refractivity contribution in [1.29, 1.82) is 0 Å². The Morgan fingerprint density at radius 3 is 2.59 bits per heavy atom. The van der Waals surface area contributed by atoms with Gasteiger partial charge in [-0.05, 0) is 5.92 Å². The van der Waals surface area contributed by atoms with Crippen molar-refractivity contribution < 1.29 is 4.79 Å². The van der Waals surface area contributed by atoms with E-state index in [9.17, 15) is 4.79 Å². The average molecular weight is 237 g/mol. The van der Waals surface area contributed by atoms with Gasteiger partial charge in [0.25, 0.3) is 0 Å². The van der Waals surface area contributed by atoms with Crippen LogP contribution in [0.15, 0.2) is 12.4 Å². The lowest BCUT2D eigenvalue weighted by Crippen LogP contribution is -2.36. The maximum Gasteiger partial charge on any atom is 0.231 e. The van der Waals surface area contributed by atoms with Crippen LogP contribution in [0.25, 0.3) is 0 Å². The number of nitrogens with zero attached hydrogens (tertiary/aromatic N) is 3. The van der Waals surface area contributed by atoms with Crippen LogP contribution in [0.1, 0.15) is 19.5 Å². The second-order valence-corrected chi connectivity index (χ2v) is 4.46. The topological polar surface area (TPSA) is 98.1 Å². The molecule has 1 aromatic rings. The molecule has 0 spiro atoms. The van der Waals surface area contributed by atoms with Gasteiger partial charge >= 0.3 is 0 Å². The molecule has 1 amide bonds. The van der Waals surface area contributed by atoms with E-state index in [-0.39, 0.29) is 12.5 Å². The fourth-order valence-corrected chi connectivity index (χ4v) is 1.60. The lowest BCUT2D eigenvalue weighted by molar-refractivity contribution is -0.119. The predicted molar refractivity (Wildman–Crippen MR) is 65.8 cm³/mol. The molecule has 17 heavy (non-hydrogen) atoms. The number of primary amides is 1. The average Bonchev–Trinajstić information content (AvgIpc) is 2.19. The van der Waals surface area contributed by atoms with Crippen molar-refractivity contribution >= 4 is 11.7 Å². The summed E-state index contributed by atoms with van der Waals surface area (Å²) in [5.41, 5.74) is 11.4. The number of rotatable bonds is 6. The number of amides is 1. The van der Waals surface area contributed by atoms with Crippen LogP contribution in [-0.4, -0.2) is 33.9 Å². The molecule has 0 saturated carbocycles. The van der Waals surface area contributed by atoms with Crippen LogP contribution >= 0.6 is 0 Å². The summed E-state index contributed by atoms with van der Waals surface area (Å²) in [6.07, 6.45) is 3.12. The van der Waals surface area contributed by atoms with Crippen molar-refractivity contribution in [1.82, 2.24) is 14.9 Å². The maximum atomic E-state index is 11.0. The zero-order valence-electron chi connectivity index (χ0n) is 10.3. The molecule has 1 aromatic heterocycles. The Kier molecular flexibility index (Phi) is 4.84. The van der Waals surface area contributed by atoms with Gasteiger partial charge in [0.05, 0.1) is 24.6 Å². The van der Waals surface area contributed by atoms with Crippen LogP contribution in [0.2, 0.25) is 0 Å². The third-order valence-corrected chi connectivity index (χ3v) is 2.11. The molecule has 4 N–H and O–H groups in total. The van der Waals surface area contributed by atoms with E-state index in [4.69, 9.17) is 11.5 Å². The molecule has 94 valence electrons. The van der Waals surface area contributed by atoms with Gasteiger partial charge in [0.2, 0.25) is 5.91 Å². The van der Waals surface area contributed by atoms with Crippen LogP contribution < -0.4 is 11.5 Å². The number of nitrogen functional groups attached to an aromatic ring is 1. The molecule has 0 unspecified atom stereocenters. The summed E-state index contributed by atoms with van der Waals surface area (Å²) in [5.74, 6) is 0.504. The van der Waals surface area contributed by atoms with Crippen molar-refractivity contribution in [3.05, 3.63) is 18.1 Å². The van der Waals surface area contributed by atoms with Gasteiger partial charge in [-0.3, -0.25) is 14.7 Å². The molecule has 0 aliphatic heterocycles. The molecule has 0 saturated heterocycles. The molecule has 1 heterocycles. The number of aromatic nitrogens is 2. The highest BCUT2D eigenvalue weighted by molar-refractivity contribution is 5.75. The van der Waals surface area contributed by atoms with E-state index in [0.717, 1.165) is 12.2 Å². The van der Waals surface area contributed by atoms with Gasteiger partial charge in [-0.15, -0.1) is 0 Å². The van der Waals surface area contributed by atoms with Gasteiger partial charge in [0, 0.05) is 13.1 Å². The van der Waals surface area contributed by atoms with Gasteiger partial charge in [0.1, 0.15) is 5.82 Å². The maximum absolute atomic E-state index is 11.0. The Hall–Kier alpha value is -1.69. The first kappa shape index (κ1) is 13.4. The summed E-state index contributed by atoms with van der Waals surface area (Å²) >= 11 is 0. The number of carbonyl (C=O) groups excluding carboxylic acids is 1. The lowest BCUT2D eigenvalue weighted by Gasteiger charge is -2.22. The van der Waals surface area contributed by atoms with Gasteiger partial charge in [0.15, 0.2) is 0 Å². The Morgan fingerprint density at radius 2 is 2.12 bits per heavy atom. The number of hydrogen-bond acceptors (Lipinski definition) is 5. The smallest absolute Gasteiger partial charge is 0.231 e. The predicted octanol–water partition coefficient (Wildman–Crippen LogP) is 0.00210. The quantitative estimate of drug-likeness (QED) is 0.725. The number of carbonyl (C=O) groups is 1. The van der Waals surface area contributed by atoms with Crippen molar-refractivity contribution in [2.75, 3.05) is 18.8 Å². The molecule has 0 aliphatic rings. The zero-order valence-corrected chi connectivity index (χ0v) is 10.3. The van der Waals surface area contributed by atoms with Crippen molar-refractivity contribution in [2.24, 2.45) is 11.7 Å². The summed E-state index contributed by atoms with van der Waals surface area (Å²) in [4.78, 5) is 21.0. The largest absolute Gasteiger partial charge is 0.382 e. The van der Waals surface area contributed by atoms with Gasteiger partial charge < -0.3 is 11.5 Å². The van der Waals surface area contributed by atoms with Crippen LogP contribution in [0.4, 0.5) is 5.82 Å². The molecule has 1 rings (SSSR count). The third kappa shape index (κ3) is 5.26. The summed E-state index contributed by atoms with van der Waals surface area (Å²) in [5, 5.41) is 0. The van der Waals surface area contributed by atoms with Crippen LogP contribution in [0.3, 0.4) is 0 Å². The van der Waals surface area contributed by atoms with E-state index >= 15 is 0 Å². The first-order valence-corrected chi connectivity index (χ1v) is 5.54. The van der Waals surface area contributed by atoms with Crippen molar-refractivity contribution in [2.45, 2.75) is 20.4 Å². The fourth-order valence-electron chi connectivity index (χ4n) is 1.60. The molecule has 6 nitrogen and oxygen atoms in total. The molecule has 6 heteroatoms. The second-order valence-electron chi connectivity index (χ2n) is 4.46. The molecular formula is C11H19N5O. The van der Waals surface area contributed by atoms with Crippen molar-refractivity contribution in [3.63, 3.8) is 0 Å². The fraction of sp³-hybridized carbons (Fsp3) is 0.545. The molecule has 0 aliphatic carbocycles. The van der Waals surface area contributed by atoms with Crippen LogP contribution in [0.5, 0.6) is 0 Å². The minimum Gasteiger partial charge on any atom is -0.382 e. The highest BCUT2D eigenvalue weighted by Crippen LogP contribution is 2.05. The standard InChI is InChI=1S/C11H19N5O/c1-8(2)5-16(7-11(13)17)6-9-3-15-10(12)4-14-9/h3-4,8H,5-7H2,1-2H3,(H2,12,15)(H2,13,17). The third-order valence-electron chi connectivity index (χ3n) is 2.11. The minimum absolute atomic E-state index is 0.226. The van der Waals surface area contributed by atoms with E-state index in [2.05, 4.69) is 23.8 Å². The van der Waals surface area contributed by atoms with Gasteiger partial charge in [-0.2, -0.15) is 0 Å². The summed E-state index contributed by atoms with van der Waals surface area (Å²) in [6, 6.07) is 0. The Morgan fingerprint density at radius 1 is 1.41 bits per heavy atom. The number of hydrogen-bond donors (Lipinski definition) is 2. The van der Waals surface area contributed by atoms with Crippen LogP contribution in [0, 0.1) is 5.92 Å². The number of anilines is 1. The highest BCUT2D eigenvalue weighted by atomic mass is 16.1. The zero-order chi connectivity index (χ0) is 12.8. The minimum atomic E-state index is -0.339. The Labute approximate surface area is 101 Å². The molecular weight excluding hydrogens is 218 g/mol. The van der Waals surface area contributed by atoms with E-state index in [1.807, 2.05) is 4.90 Å². The van der Waals surface area contributed by atoms with E-state index in [1.165, 1.54) is 6.20 Å². The highest BCUT2D eigenvalue weighted by Gasteiger charge is 2.11. The SMILES string of the molecule is CC(C)CN(CC(N)=O)Cc1cnc(N)cn1. The Bertz CT molecular complexity index is 363. The summed E-state index contributed by atoms with van der Waals surface area (Å²) in [6.45, 7) is 5.74. The molecule has 0 atom stereocenters. The van der Waals surface area contributed by atoms with E-state index in [0.29, 0.717) is 18.3 Å². The summed E-state index contributed by atoms with van der Waals surface area (Å²) < 4.78 is 0. The molecule has 0 bridgehead atoms. The first-order chi connectivity index (χ1) is 7.97. The molecule has 0 fully saturated rings. The summed E-state index contributed by atoms with van der Waals surface area (Å²) in [7, 11) is 0. The van der Waals surface area contributed by atoms with Crippen molar-refractivity contribution in [3.8, 4) is 0 Å².